The van der Waals surface area contributed by atoms with Gasteiger partial charge in [-0.25, -0.2) is 4.68 Å². The maximum absolute atomic E-state index is 6.19. The number of ether oxygens (including phenoxy) is 2. The van der Waals surface area contributed by atoms with E-state index in [1.54, 1.807) is 22.9 Å². The second-order valence-corrected chi connectivity index (χ2v) is 4.86. The molecule has 0 aliphatic carbocycles. The lowest BCUT2D eigenvalue weighted by Gasteiger charge is -2.23. The molecule has 7 nitrogen and oxygen atoms in total. The Morgan fingerprint density at radius 2 is 2.30 bits per heavy atom. The average Bonchev–Trinajstić information content (AvgIpc) is 2.88. The molecule has 0 saturated carbocycles. The standard InChI is InChI=1S/C12H14ClN5O2/c13-9-2-1-3-10(14)11(9)12-15-16-17-18(12)6-8-7-19-4-5-20-8/h1-3,8H,4-7,14H2. The summed E-state index contributed by atoms with van der Waals surface area (Å²) in [5, 5.41) is 12.2. The number of rotatable bonds is 3. The van der Waals surface area contributed by atoms with Gasteiger partial charge in [0.1, 0.15) is 6.10 Å². The summed E-state index contributed by atoms with van der Waals surface area (Å²) in [5.74, 6) is 0.530. The van der Waals surface area contributed by atoms with Crippen molar-refractivity contribution < 1.29 is 9.47 Å². The van der Waals surface area contributed by atoms with Crippen molar-refractivity contribution in [3.8, 4) is 11.4 Å². The Kier molecular flexibility index (Phi) is 3.81. The molecule has 2 heterocycles. The smallest absolute Gasteiger partial charge is 0.185 e. The average molecular weight is 296 g/mol. The lowest BCUT2D eigenvalue weighted by molar-refractivity contribution is -0.0946. The molecule has 0 amide bonds. The number of anilines is 1. The third-order valence-electron chi connectivity index (χ3n) is 3.06. The van der Waals surface area contributed by atoms with Crippen LogP contribution < -0.4 is 5.73 Å². The minimum Gasteiger partial charge on any atom is -0.398 e. The summed E-state index contributed by atoms with van der Waals surface area (Å²) in [4.78, 5) is 0. The number of nitrogens with two attached hydrogens (primary N) is 1. The lowest BCUT2D eigenvalue weighted by Crippen LogP contribution is -2.32. The first-order chi connectivity index (χ1) is 9.75. The fraction of sp³-hybridized carbons (Fsp3) is 0.417. The van der Waals surface area contributed by atoms with Crippen molar-refractivity contribution in [1.29, 1.82) is 0 Å². The third kappa shape index (κ3) is 2.60. The van der Waals surface area contributed by atoms with Crippen LogP contribution in [0, 0.1) is 0 Å². The summed E-state index contributed by atoms with van der Waals surface area (Å²) in [6, 6.07) is 5.31. The van der Waals surface area contributed by atoms with Crippen LogP contribution in [-0.4, -0.2) is 46.1 Å². The molecule has 1 saturated heterocycles. The van der Waals surface area contributed by atoms with Gasteiger partial charge in [-0.3, -0.25) is 0 Å². The van der Waals surface area contributed by atoms with Crippen LogP contribution in [0.2, 0.25) is 5.02 Å². The number of aromatic nitrogens is 4. The first-order valence-corrected chi connectivity index (χ1v) is 6.63. The first kappa shape index (κ1) is 13.3. The zero-order valence-electron chi connectivity index (χ0n) is 10.7. The zero-order valence-corrected chi connectivity index (χ0v) is 11.5. The second kappa shape index (κ2) is 5.74. The molecule has 2 N–H and O–H groups in total. The quantitative estimate of drug-likeness (QED) is 0.850. The van der Waals surface area contributed by atoms with E-state index < -0.39 is 0 Å². The van der Waals surface area contributed by atoms with E-state index in [-0.39, 0.29) is 6.10 Å². The molecular weight excluding hydrogens is 282 g/mol. The molecule has 8 heteroatoms. The predicted molar refractivity (Wildman–Crippen MR) is 73.2 cm³/mol. The number of hydrogen-bond donors (Lipinski definition) is 1. The number of hydrogen-bond acceptors (Lipinski definition) is 6. The van der Waals surface area contributed by atoms with Crippen LogP contribution >= 0.6 is 11.6 Å². The maximum Gasteiger partial charge on any atom is 0.185 e. The van der Waals surface area contributed by atoms with Gasteiger partial charge < -0.3 is 15.2 Å². The van der Waals surface area contributed by atoms with E-state index in [1.165, 1.54) is 0 Å². The van der Waals surface area contributed by atoms with Crippen molar-refractivity contribution in [2.75, 3.05) is 25.6 Å². The fourth-order valence-electron chi connectivity index (χ4n) is 2.12. The Hall–Kier alpha value is -1.70. The molecule has 0 bridgehead atoms. The summed E-state index contributed by atoms with van der Waals surface area (Å²) in [7, 11) is 0. The number of nitrogen functional groups attached to an aromatic ring is 1. The van der Waals surface area contributed by atoms with Crippen LogP contribution in [0.15, 0.2) is 18.2 Å². The van der Waals surface area contributed by atoms with E-state index in [1.807, 2.05) is 0 Å². The molecule has 1 atom stereocenters. The first-order valence-electron chi connectivity index (χ1n) is 6.25. The molecule has 1 aromatic carbocycles. The maximum atomic E-state index is 6.19. The second-order valence-electron chi connectivity index (χ2n) is 4.46. The molecular formula is C12H14ClN5O2. The van der Waals surface area contributed by atoms with Gasteiger partial charge in [0.15, 0.2) is 5.82 Å². The number of nitrogens with zero attached hydrogens (tertiary/aromatic N) is 4. The van der Waals surface area contributed by atoms with Gasteiger partial charge in [0.25, 0.3) is 0 Å². The molecule has 2 aromatic rings. The van der Waals surface area contributed by atoms with E-state index in [0.29, 0.717) is 48.5 Å². The van der Waals surface area contributed by atoms with E-state index in [9.17, 15) is 0 Å². The summed E-state index contributed by atoms with van der Waals surface area (Å²) < 4.78 is 12.6. The minimum atomic E-state index is -0.0743. The summed E-state index contributed by atoms with van der Waals surface area (Å²) in [6.07, 6.45) is -0.0743. The van der Waals surface area contributed by atoms with Gasteiger partial charge in [-0.2, -0.15) is 0 Å². The third-order valence-corrected chi connectivity index (χ3v) is 3.38. The monoisotopic (exact) mass is 295 g/mol. The van der Waals surface area contributed by atoms with Crippen LogP contribution in [-0.2, 0) is 16.0 Å². The van der Waals surface area contributed by atoms with Gasteiger partial charge in [-0.1, -0.05) is 17.7 Å². The largest absolute Gasteiger partial charge is 0.398 e. The van der Waals surface area contributed by atoms with Crippen molar-refractivity contribution in [1.82, 2.24) is 20.2 Å². The number of tetrazole rings is 1. The molecule has 1 aliphatic rings. The Bertz CT molecular complexity index is 577. The van der Waals surface area contributed by atoms with Crippen LogP contribution in [0.4, 0.5) is 5.69 Å². The van der Waals surface area contributed by atoms with Crippen LogP contribution in [0.25, 0.3) is 11.4 Å². The van der Waals surface area contributed by atoms with Crippen LogP contribution in [0.5, 0.6) is 0 Å². The predicted octanol–water partition coefficient (Wildman–Crippen LogP) is 0.991. The molecule has 0 radical (unpaired) electrons. The zero-order chi connectivity index (χ0) is 13.9. The topological polar surface area (TPSA) is 88.1 Å². The fourth-order valence-corrected chi connectivity index (χ4v) is 2.38. The highest BCUT2D eigenvalue weighted by molar-refractivity contribution is 6.33. The van der Waals surface area contributed by atoms with Crippen LogP contribution in [0.1, 0.15) is 0 Å². The lowest BCUT2D eigenvalue weighted by atomic mass is 10.1. The van der Waals surface area contributed by atoms with E-state index in [2.05, 4.69) is 15.5 Å². The van der Waals surface area contributed by atoms with Gasteiger partial charge >= 0.3 is 0 Å². The summed E-state index contributed by atoms with van der Waals surface area (Å²) in [6.45, 7) is 2.22. The molecule has 3 rings (SSSR count). The van der Waals surface area contributed by atoms with Crippen molar-refractivity contribution in [3.05, 3.63) is 23.2 Å². The molecule has 1 fully saturated rings. The van der Waals surface area contributed by atoms with Crippen LogP contribution in [0.3, 0.4) is 0 Å². The Morgan fingerprint density at radius 1 is 1.40 bits per heavy atom. The van der Waals surface area contributed by atoms with Crippen molar-refractivity contribution in [2.45, 2.75) is 12.6 Å². The SMILES string of the molecule is Nc1cccc(Cl)c1-c1nnnn1CC1COCCO1. The molecule has 20 heavy (non-hydrogen) atoms. The highest BCUT2D eigenvalue weighted by atomic mass is 35.5. The Morgan fingerprint density at radius 3 is 3.05 bits per heavy atom. The molecule has 1 unspecified atom stereocenters. The Balaban J connectivity index is 1.89. The number of benzene rings is 1. The number of halogens is 1. The van der Waals surface area contributed by atoms with Gasteiger partial charge in [-0.05, 0) is 22.6 Å². The molecule has 106 valence electrons. The normalized spacial score (nSPS) is 19.1. The van der Waals surface area contributed by atoms with Gasteiger partial charge in [0.2, 0.25) is 0 Å². The Labute approximate surface area is 120 Å². The van der Waals surface area contributed by atoms with E-state index in [0.717, 1.165) is 0 Å². The minimum absolute atomic E-state index is 0.0743. The van der Waals surface area contributed by atoms with Gasteiger partial charge in [0, 0.05) is 5.69 Å². The highest BCUT2D eigenvalue weighted by Crippen LogP contribution is 2.31. The summed E-state index contributed by atoms with van der Waals surface area (Å²) in [5.41, 5.74) is 7.14. The molecule has 1 aliphatic heterocycles. The van der Waals surface area contributed by atoms with Crippen molar-refractivity contribution in [3.63, 3.8) is 0 Å². The summed E-state index contributed by atoms with van der Waals surface area (Å²) >= 11 is 6.19. The van der Waals surface area contributed by atoms with E-state index >= 15 is 0 Å². The van der Waals surface area contributed by atoms with Gasteiger partial charge in [0.05, 0.1) is 37.0 Å². The van der Waals surface area contributed by atoms with Crippen molar-refractivity contribution >= 4 is 17.3 Å². The van der Waals surface area contributed by atoms with Crippen molar-refractivity contribution in [2.24, 2.45) is 0 Å². The highest BCUT2D eigenvalue weighted by Gasteiger charge is 2.20. The molecule has 0 spiro atoms. The molecule has 1 aromatic heterocycles. The van der Waals surface area contributed by atoms with Gasteiger partial charge in [-0.15, -0.1) is 5.10 Å². The van der Waals surface area contributed by atoms with E-state index in [4.69, 9.17) is 26.8 Å².